The van der Waals surface area contributed by atoms with Gasteiger partial charge >= 0.3 is 6.01 Å². The molecular weight excluding hydrogens is 270 g/mol. The smallest absolute Gasteiger partial charge is 0.322 e. The summed E-state index contributed by atoms with van der Waals surface area (Å²) in [6.07, 6.45) is 4.30. The lowest BCUT2D eigenvalue weighted by molar-refractivity contribution is 0.0971. The first-order valence-corrected chi connectivity index (χ1v) is 6.29. The number of rotatable bonds is 7. The van der Waals surface area contributed by atoms with Crippen LogP contribution in [0.25, 0.3) is 5.95 Å². The van der Waals surface area contributed by atoms with E-state index in [0.717, 1.165) is 6.42 Å². The molecule has 0 radical (unpaired) electrons. The first-order valence-electron chi connectivity index (χ1n) is 5.91. The minimum Gasteiger partial charge on any atom is -0.461 e. The second kappa shape index (κ2) is 7.01. The molecule has 0 aliphatic heterocycles. The molecule has 0 unspecified atom stereocenters. The molecular formula is C11H14ClN5O2. The summed E-state index contributed by atoms with van der Waals surface area (Å²) in [5.74, 6) is 0.314. The van der Waals surface area contributed by atoms with Crippen LogP contribution in [-0.4, -0.2) is 44.6 Å². The van der Waals surface area contributed by atoms with Crippen LogP contribution in [0.5, 0.6) is 6.01 Å². The normalized spacial score (nSPS) is 10.6. The molecule has 7 nitrogen and oxygen atoms in total. The molecule has 0 amide bonds. The lowest BCUT2D eigenvalue weighted by atomic mass is 10.5. The predicted molar refractivity (Wildman–Crippen MR) is 68.6 cm³/mol. The molecule has 2 aromatic heterocycles. The van der Waals surface area contributed by atoms with E-state index in [2.05, 4.69) is 20.1 Å². The van der Waals surface area contributed by atoms with Gasteiger partial charge in [-0.3, -0.25) is 0 Å². The van der Waals surface area contributed by atoms with E-state index >= 15 is 0 Å². The van der Waals surface area contributed by atoms with Gasteiger partial charge in [0.1, 0.15) is 6.61 Å². The van der Waals surface area contributed by atoms with Gasteiger partial charge < -0.3 is 9.47 Å². The Hall–Kier alpha value is -1.73. The predicted octanol–water partition coefficient (Wildman–Crippen LogP) is 1.52. The van der Waals surface area contributed by atoms with Gasteiger partial charge in [-0.15, -0.1) is 0 Å². The van der Waals surface area contributed by atoms with Gasteiger partial charge in [0.2, 0.25) is 5.28 Å². The van der Waals surface area contributed by atoms with Gasteiger partial charge in [-0.1, -0.05) is 6.92 Å². The summed E-state index contributed by atoms with van der Waals surface area (Å²) in [7, 11) is 0. The van der Waals surface area contributed by atoms with Crippen molar-refractivity contribution >= 4 is 11.6 Å². The van der Waals surface area contributed by atoms with Crippen LogP contribution < -0.4 is 4.74 Å². The largest absolute Gasteiger partial charge is 0.461 e. The molecule has 0 saturated heterocycles. The first kappa shape index (κ1) is 13.7. The average Bonchev–Trinajstić information content (AvgIpc) is 2.92. The number of nitrogens with zero attached hydrogens (tertiary/aromatic N) is 5. The fourth-order valence-corrected chi connectivity index (χ4v) is 1.46. The van der Waals surface area contributed by atoms with Gasteiger partial charge in [-0.2, -0.15) is 20.1 Å². The zero-order valence-electron chi connectivity index (χ0n) is 10.5. The molecule has 0 N–H and O–H groups in total. The molecule has 0 spiro atoms. The molecule has 0 bridgehead atoms. The monoisotopic (exact) mass is 283 g/mol. The van der Waals surface area contributed by atoms with Gasteiger partial charge in [0.15, 0.2) is 0 Å². The molecule has 0 aromatic carbocycles. The number of halogens is 1. The third-order valence-corrected chi connectivity index (χ3v) is 2.26. The van der Waals surface area contributed by atoms with E-state index in [9.17, 15) is 0 Å². The molecule has 2 aromatic rings. The second-order valence-corrected chi connectivity index (χ2v) is 3.94. The molecule has 2 rings (SSSR count). The highest BCUT2D eigenvalue weighted by Gasteiger charge is 2.07. The van der Waals surface area contributed by atoms with Crippen molar-refractivity contribution in [2.75, 3.05) is 19.8 Å². The standard InChI is InChI=1S/C11H14ClN5O2/c1-2-6-18-7-8-19-11-15-9(12)14-10(16-11)17-5-3-4-13-17/h3-5H,2,6-8H2,1H3. The van der Waals surface area contributed by atoms with Crippen LogP contribution in [0.4, 0.5) is 0 Å². The van der Waals surface area contributed by atoms with Crippen LogP contribution in [0.3, 0.4) is 0 Å². The maximum absolute atomic E-state index is 5.81. The lowest BCUT2D eigenvalue weighted by Crippen LogP contribution is -2.11. The molecule has 0 saturated carbocycles. The Morgan fingerprint density at radius 2 is 2.11 bits per heavy atom. The summed E-state index contributed by atoms with van der Waals surface area (Å²) in [6.45, 7) is 3.59. The molecule has 8 heteroatoms. The van der Waals surface area contributed by atoms with E-state index in [-0.39, 0.29) is 11.3 Å². The summed E-state index contributed by atoms with van der Waals surface area (Å²) in [5, 5.41) is 4.07. The van der Waals surface area contributed by atoms with Crippen molar-refractivity contribution in [2.24, 2.45) is 0 Å². The van der Waals surface area contributed by atoms with Crippen LogP contribution in [-0.2, 0) is 4.74 Å². The first-order chi connectivity index (χ1) is 9.29. The van der Waals surface area contributed by atoms with E-state index in [4.69, 9.17) is 21.1 Å². The number of hydrogen-bond acceptors (Lipinski definition) is 6. The molecule has 19 heavy (non-hydrogen) atoms. The summed E-state index contributed by atoms with van der Waals surface area (Å²) in [5.41, 5.74) is 0. The number of ether oxygens (including phenoxy) is 2. The van der Waals surface area contributed by atoms with E-state index in [1.807, 2.05) is 6.92 Å². The Labute approximate surface area is 115 Å². The zero-order chi connectivity index (χ0) is 13.5. The highest BCUT2D eigenvalue weighted by Crippen LogP contribution is 2.10. The molecule has 102 valence electrons. The fraction of sp³-hybridized carbons (Fsp3) is 0.455. The van der Waals surface area contributed by atoms with Crippen molar-refractivity contribution in [3.63, 3.8) is 0 Å². The highest BCUT2D eigenvalue weighted by molar-refractivity contribution is 6.28. The van der Waals surface area contributed by atoms with Crippen molar-refractivity contribution in [3.8, 4) is 12.0 Å². The van der Waals surface area contributed by atoms with E-state index in [1.54, 1.807) is 18.5 Å². The van der Waals surface area contributed by atoms with Crippen molar-refractivity contribution < 1.29 is 9.47 Å². The van der Waals surface area contributed by atoms with Crippen molar-refractivity contribution in [1.82, 2.24) is 24.7 Å². The van der Waals surface area contributed by atoms with Gasteiger partial charge in [0.25, 0.3) is 5.95 Å². The van der Waals surface area contributed by atoms with Crippen molar-refractivity contribution in [3.05, 3.63) is 23.7 Å². The van der Waals surface area contributed by atoms with Crippen molar-refractivity contribution in [1.29, 1.82) is 0 Å². The summed E-state index contributed by atoms with van der Waals surface area (Å²) in [6, 6.07) is 1.92. The highest BCUT2D eigenvalue weighted by atomic mass is 35.5. The molecule has 0 fully saturated rings. The van der Waals surface area contributed by atoms with Crippen LogP contribution in [0.1, 0.15) is 13.3 Å². The Morgan fingerprint density at radius 1 is 1.21 bits per heavy atom. The Morgan fingerprint density at radius 3 is 2.84 bits per heavy atom. The summed E-state index contributed by atoms with van der Waals surface area (Å²) in [4.78, 5) is 12.0. The third kappa shape index (κ3) is 4.15. The minimum atomic E-state index is 0.0602. The SMILES string of the molecule is CCCOCCOc1nc(Cl)nc(-n2cccn2)n1. The van der Waals surface area contributed by atoms with Gasteiger partial charge in [0, 0.05) is 19.0 Å². The molecule has 0 atom stereocenters. The maximum atomic E-state index is 5.81. The van der Waals surface area contributed by atoms with Crippen LogP contribution in [0.15, 0.2) is 18.5 Å². The van der Waals surface area contributed by atoms with Gasteiger partial charge in [-0.05, 0) is 24.1 Å². The van der Waals surface area contributed by atoms with Crippen LogP contribution >= 0.6 is 11.6 Å². The lowest BCUT2D eigenvalue weighted by Gasteiger charge is -2.06. The van der Waals surface area contributed by atoms with E-state index in [1.165, 1.54) is 4.68 Å². The van der Waals surface area contributed by atoms with E-state index < -0.39 is 0 Å². The average molecular weight is 284 g/mol. The molecule has 0 aliphatic carbocycles. The zero-order valence-corrected chi connectivity index (χ0v) is 11.2. The van der Waals surface area contributed by atoms with E-state index in [0.29, 0.717) is 25.8 Å². The minimum absolute atomic E-state index is 0.0602. The molecule has 2 heterocycles. The molecule has 0 aliphatic rings. The van der Waals surface area contributed by atoms with Crippen LogP contribution in [0, 0.1) is 0 Å². The second-order valence-electron chi connectivity index (χ2n) is 3.60. The Balaban J connectivity index is 1.97. The topological polar surface area (TPSA) is 75.0 Å². The van der Waals surface area contributed by atoms with Gasteiger partial charge in [0.05, 0.1) is 6.61 Å². The maximum Gasteiger partial charge on any atom is 0.322 e. The summed E-state index contributed by atoms with van der Waals surface area (Å²) < 4.78 is 12.1. The summed E-state index contributed by atoms with van der Waals surface area (Å²) >= 11 is 5.81. The Kier molecular flexibility index (Phi) is 5.05. The van der Waals surface area contributed by atoms with Gasteiger partial charge in [-0.25, -0.2) is 4.68 Å². The third-order valence-electron chi connectivity index (χ3n) is 2.09. The fourth-order valence-electron chi connectivity index (χ4n) is 1.31. The number of hydrogen-bond donors (Lipinski definition) is 0. The quantitative estimate of drug-likeness (QED) is 0.717. The van der Waals surface area contributed by atoms with Crippen molar-refractivity contribution in [2.45, 2.75) is 13.3 Å². The Bertz CT molecular complexity index is 506. The van der Waals surface area contributed by atoms with Crippen LogP contribution in [0.2, 0.25) is 5.28 Å². The number of aromatic nitrogens is 5.